The number of amides is 1. The second-order valence-electron chi connectivity index (χ2n) is 6.79. The lowest BCUT2D eigenvalue weighted by Crippen LogP contribution is -2.38. The molecule has 0 saturated carbocycles. The maximum Gasteiger partial charge on any atom is 0.410 e. The highest BCUT2D eigenvalue weighted by atomic mass is 19.2. The number of hydrogen-bond donors (Lipinski definition) is 2. The van der Waals surface area contributed by atoms with E-state index in [1.807, 2.05) is 20.8 Å². The zero-order valence-corrected chi connectivity index (χ0v) is 13.6. The number of rotatable bonds is 3. The molecule has 1 aliphatic heterocycles. The van der Waals surface area contributed by atoms with E-state index in [0.717, 1.165) is 12.1 Å². The van der Waals surface area contributed by atoms with E-state index < -0.39 is 17.2 Å². The number of nitrogens with zero attached hydrogens (tertiary/aromatic N) is 1. The molecule has 5 nitrogen and oxygen atoms in total. The van der Waals surface area contributed by atoms with Gasteiger partial charge in [0.25, 0.3) is 0 Å². The summed E-state index contributed by atoms with van der Waals surface area (Å²) >= 11 is 0. The molecular weight excluding hydrogens is 304 g/mol. The van der Waals surface area contributed by atoms with Crippen LogP contribution in [-0.2, 0) is 4.74 Å². The molecule has 2 atom stereocenters. The largest absolute Gasteiger partial charge is 0.444 e. The molecule has 0 radical (unpaired) electrons. The number of likely N-dealkylation sites (tertiary alicyclic amines) is 1. The molecule has 128 valence electrons. The summed E-state index contributed by atoms with van der Waals surface area (Å²) in [5.74, 6) is 3.78. The fourth-order valence-corrected chi connectivity index (χ4v) is 2.76. The van der Waals surface area contributed by atoms with E-state index in [0.29, 0.717) is 25.1 Å². The van der Waals surface area contributed by atoms with Crippen LogP contribution >= 0.6 is 0 Å². The standard InChI is InChI=1S/C16H23F2N3O2/c1-16(2,3)23-15(22)21-7-6-11(9-21)14(20-19)10-4-5-12(17)13(18)8-10/h4-5,8,11,14,20H,6-7,9,19H2,1-3H3. The minimum atomic E-state index is -0.912. The van der Waals surface area contributed by atoms with Gasteiger partial charge in [-0.25, -0.2) is 13.6 Å². The van der Waals surface area contributed by atoms with Crippen LogP contribution in [0.5, 0.6) is 0 Å². The number of ether oxygens (including phenoxy) is 1. The number of carbonyl (C=O) groups excluding carboxylic acids is 1. The zero-order chi connectivity index (χ0) is 17.2. The van der Waals surface area contributed by atoms with Crippen LogP contribution in [0.4, 0.5) is 13.6 Å². The Hall–Kier alpha value is -1.73. The van der Waals surface area contributed by atoms with Gasteiger partial charge in [-0.3, -0.25) is 11.3 Å². The third kappa shape index (κ3) is 4.39. The van der Waals surface area contributed by atoms with Crippen molar-refractivity contribution in [3.63, 3.8) is 0 Å². The highest BCUT2D eigenvalue weighted by molar-refractivity contribution is 5.68. The van der Waals surface area contributed by atoms with Gasteiger partial charge in [0, 0.05) is 13.1 Å². The van der Waals surface area contributed by atoms with Crippen molar-refractivity contribution >= 4 is 6.09 Å². The van der Waals surface area contributed by atoms with Crippen LogP contribution in [0.2, 0.25) is 0 Å². The number of hydrogen-bond acceptors (Lipinski definition) is 4. The number of nitrogens with one attached hydrogen (secondary N) is 1. The molecule has 3 N–H and O–H groups in total. The summed E-state index contributed by atoms with van der Waals surface area (Å²) in [4.78, 5) is 13.7. The van der Waals surface area contributed by atoms with Crippen molar-refractivity contribution in [2.45, 2.75) is 38.8 Å². The first kappa shape index (κ1) is 17.6. The Labute approximate surface area is 134 Å². The molecule has 2 rings (SSSR count). The van der Waals surface area contributed by atoms with E-state index in [1.165, 1.54) is 6.07 Å². The third-order valence-electron chi connectivity index (χ3n) is 3.83. The molecule has 1 fully saturated rings. The van der Waals surface area contributed by atoms with Gasteiger partial charge in [0.1, 0.15) is 5.60 Å². The van der Waals surface area contributed by atoms with Gasteiger partial charge >= 0.3 is 6.09 Å². The van der Waals surface area contributed by atoms with Crippen molar-refractivity contribution in [2.24, 2.45) is 11.8 Å². The Morgan fingerprint density at radius 2 is 2.09 bits per heavy atom. The molecular formula is C16H23F2N3O2. The maximum absolute atomic E-state index is 13.4. The summed E-state index contributed by atoms with van der Waals surface area (Å²) in [5, 5.41) is 0. The predicted octanol–water partition coefficient (Wildman–Crippen LogP) is 2.73. The van der Waals surface area contributed by atoms with Crippen molar-refractivity contribution in [1.29, 1.82) is 0 Å². The lowest BCUT2D eigenvalue weighted by molar-refractivity contribution is 0.0285. The normalized spacial score (nSPS) is 19.7. The zero-order valence-electron chi connectivity index (χ0n) is 13.6. The quantitative estimate of drug-likeness (QED) is 0.662. The summed E-state index contributed by atoms with van der Waals surface area (Å²) in [6, 6.07) is 3.35. The van der Waals surface area contributed by atoms with Crippen molar-refractivity contribution in [2.75, 3.05) is 13.1 Å². The van der Waals surface area contributed by atoms with Gasteiger partial charge in [-0.2, -0.15) is 0 Å². The van der Waals surface area contributed by atoms with Crippen LogP contribution in [0.25, 0.3) is 0 Å². The Bertz CT molecular complexity index is 575. The van der Waals surface area contributed by atoms with Crippen LogP contribution in [0.3, 0.4) is 0 Å². The first-order valence-corrected chi connectivity index (χ1v) is 7.60. The summed E-state index contributed by atoms with van der Waals surface area (Å²) in [6.45, 7) is 6.42. The van der Waals surface area contributed by atoms with Gasteiger partial charge in [0.05, 0.1) is 6.04 Å². The van der Waals surface area contributed by atoms with Gasteiger partial charge in [-0.15, -0.1) is 0 Å². The number of carbonyl (C=O) groups is 1. The van der Waals surface area contributed by atoms with E-state index in [2.05, 4.69) is 5.43 Å². The first-order chi connectivity index (χ1) is 10.7. The Balaban J connectivity index is 2.06. The molecule has 0 spiro atoms. The van der Waals surface area contributed by atoms with Gasteiger partial charge in [0.2, 0.25) is 0 Å². The Morgan fingerprint density at radius 3 is 2.65 bits per heavy atom. The highest BCUT2D eigenvalue weighted by Gasteiger charge is 2.34. The second kappa shape index (κ2) is 6.80. The van der Waals surface area contributed by atoms with E-state index in [-0.39, 0.29) is 18.1 Å². The monoisotopic (exact) mass is 327 g/mol. The van der Waals surface area contributed by atoms with E-state index >= 15 is 0 Å². The SMILES string of the molecule is CC(C)(C)OC(=O)N1CCC(C(NN)c2ccc(F)c(F)c2)C1. The lowest BCUT2D eigenvalue weighted by Gasteiger charge is -2.26. The fourth-order valence-electron chi connectivity index (χ4n) is 2.76. The molecule has 23 heavy (non-hydrogen) atoms. The van der Waals surface area contributed by atoms with E-state index in [1.54, 1.807) is 4.90 Å². The molecule has 0 bridgehead atoms. The minimum Gasteiger partial charge on any atom is -0.444 e. The molecule has 1 aliphatic rings. The van der Waals surface area contributed by atoms with Crippen molar-refractivity contribution < 1.29 is 18.3 Å². The summed E-state index contributed by atoms with van der Waals surface area (Å²) in [5.41, 5.74) is 2.65. The fraction of sp³-hybridized carbons (Fsp3) is 0.562. The summed E-state index contributed by atoms with van der Waals surface area (Å²) in [7, 11) is 0. The van der Waals surface area contributed by atoms with E-state index in [9.17, 15) is 13.6 Å². The van der Waals surface area contributed by atoms with E-state index in [4.69, 9.17) is 10.6 Å². The molecule has 1 aromatic carbocycles. The molecule has 0 aliphatic carbocycles. The van der Waals surface area contributed by atoms with Crippen molar-refractivity contribution in [3.05, 3.63) is 35.4 Å². The Kier molecular flexibility index (Phi) is 5.21. The second-order valence-corrected chi connectivity index (χ2v) is 6.79. The number of benzene rings is 1. The summed E-state index contributed by atoms with van der Waals surface area (Å²) in [6.07, 6.45) is 0.327. The smallest absolute Gasteiger partial charge is 0.410 e. The first-order valence-electron chi connectivity index (χ1n) is 7.60. The van der Waals surface area contributed by atoms with Crippen LogP contribution in [0.15, 0.2) is 18.2 Å². The average Bonchev–Trinajstić information content (AvgIpc) is 2.91. The molecule has 1 amide bonds. The molecule has 1 aromatic rings. The van der Waals surface area contributed by atoms with Gasteiger partial charge in [0.15, 0.2) is 11.6 Å². The van der Waals surface area contributed by atoms with Crippen molar-refractivity contribution in [1.82, 2.24) is 10.3 Å². The number of nitrogens with two attached hydrogens (primary N) is 1. The van der Waals surface area contributed by atoms with Crippen LogP contribution in [0.1, 0.15) is 38.8 Å². The van der Waals surface area contributed by atoms with Gasteiger partial charge in [-0.05, 0) is 50.8 Å². The molecule has 7 heteroatoms. The maximum atomic E-state index is 13.4. The lowest BCUT2D eigenvalue weighted by atomic mass is 9.92. The minimum absolute atomic E-state index is 0.00243. The van der Waals surface area contributed by atoms with Crippen LogP contribution in [0, 0.1) is 17.6 Å². The van der Waals surface area contributed by atoms with Gasteiger partial charge in [-0.1, -0.05) is 6.07 Å². The topological polar surface area (TPSA) is 67.6 Å². The highest BCUT2D eigenvalue weighted by Crippen LogP contribution is 2.31. The number of halogens is 2. The van der Waals surface area contributed by atoms with Crippen LogP contribution < -0.4 is 11.3 Å². The van der Waals surface area contributed by atoms with Crippen molar-refractivity contribution in [3.8, 4) is 0 Å². The van der Waals surface area contributed by atoms with Crippen LogP contribution in [-0.4, -0.2) is 29.7 Å². The molecule has 1 heterocycles. The molecule has 1 saturated heterocycles. The summed E-state index contributed by atoms with van der Waals surface area (Å²) < 4.78 is 31.8. The number of hydrazine groups is 1. The van der Waals surface area contributed by atoms with Gasteiger partial charge < -0.3 is 9.64 Å². The molecule has 0 aromatic heterocycles. The molecule has 2 unspecified atom stereocenters. The Morgan fingerprint density at radius 1 is 1.39 bits per heavy atom. The third-order valence-corrected chi connectivity index (χ3v) is 3.83. The predicted molar refractivity (Wildman–Crippen MR) is 82.3 cm³/mol. The average molecular weight is 327 g/mol.